The molecule has 0 heterocycles. The lowest BCUT2D eigenvalue weighted by atomic mass is 10.3. The molecule has 5 nitrogen and oxygen atoms in total. The maximum Gasteiger partial charge on any atom is 0.321 e. The summed E-state index contributed by atoms with van der Waals surface area (Å²) >= 11 is 0. The Kier molecular flexibility index (Phi) is 4.19. The molecule has 1 atom stereocenters. The van der Waals surface area contributed by atoms with Crippen molar-refractivity contribution in [1.82, 2.24) is 5.32 Å². The summed E-state index contributed by atoms with van der Waals surface area (Å²) in [6.45, 7) is 2.16. The number of nitrogens with one attached hydrogen (secondary N) is 1. The van der Waals surface area contributed by atoms with E-state index in [0.717, 1.165) is 6.26 Å². The van der Waals surface area contributed by atoms with Crippen molar-refractivity contribution < 1.29 is 18.3 Å². The third kappa shape index (κ3) is 5.09. The summed E-state index contributed by atoms with van der Waals surface area (Å²) in [5.41, 5.74) is 0. The Hall–Kier alpha value is -0.620. The fraction of sp³-hybridized carbons (Fsp3) is 0.833. The minimum atomic E-state index is -3.23. The Bertz CT molecular complexity index is 246. The first-order valence-electron chi connectivity index (χ1n) is 3.50. The number of aliphatic carboxylic acids is 1. The molecule has 1 unspecified atom stereocenters. The van der Waals surface area contributed by atoms with Crippen LogP contribution in [0.1, 0.15) is 6.92 Å². The summed E-state index contributed by atoms with van der Waals surface area (Å²) < 4.78 is 21.4. The molecule has 2 N–H and O–H groups in total. The highest BCUT2D eigenvalue weighted by molar-refractivity contribution is 7.90. The molecule has 12 heavy (non-hydrogen) atoms. The van der Waals surface area contributed by atoms with Gasteiger partial charge in [0.15, 0.2) is 0 Å². The lowest BCUT2D eigenvalue weighted by Gasteiger charge is -2.10. The van der Waals surface area contributed by atoms with Crippen molar-refractivity contribution in [2.24, 2.45) is 0 Å². The number of likely N-dealkylation sites (N-methyl/N-ethyl adjacent to an activating group) is 1. The summed E-state index contributed by atoms with van der Waals surface area (Å²) in [6, 6.07) is -0.995. The number of carboxylic acids is 1. The van der Waals surface area contributed by atoms with Crippen LogP contribution in [0.15, 0.2) is 0 Å². The molecule has 0 aromatic rings. The zero-order valence-corrected chi connectivity index (χ0v) is 7.89. The van der Waals surface area contributed by atoms with E-state index in [1.165, 1.54) is 0 Å². The van der Waals surface area contributed by atoms with Crippen molar-refractivity contribution in [3.63, 3.8) is 0 Å². The van der Waals surface area contributed by atoms with Gasteiger partial charge in [-0.05, 0) is 6.54 Å². The summed E-state index contributed by atoms with van der Waals surface area (Å²) in [5.74, 6) is -1.50. The van der Waals surface area contributed by atoms with Gasteiger partial charge >= 0.3 is 5.97 Å². The second-order valence-corrected chi connectivity index (χ2v) is 4.73. The Morgan fingerprint density at radius 1 is 1.58 bits per heavy atom. The Balaban J connectivity index is 4.24. The van der Waals surface area contributed by atoms with Crippen LogP contribution in [-0.4, -0.2) is 44.1 Å². The molecule has 0 bridgehead atoms. The van der Waals surface area contributed by atoms with E-state index in [-0.39, 0.29) is 5.75 Å². The van der Waals surface area contributed by atoms with E-state index in [1.54, 1.807) is 6.92 Å². The summed E-state index contributed by atoms with van der Waals surface area (Å²) in [4.78, 5) is 10.4. The van der Waals surface area contributed by atoms with Crippen LogP contribution in [0.5, 0.6) is 0 Å². The smallest absolute Gasteiger partial charge is 0.321 e. The molecule has 0 rings (SSSR count). The van der Waals surface area contributed by atoms with Gasteiger partial charge in [0.25, 0.3) is 0 Å². The molecule has 0 spiro atoms. The molecular formula is C6H13NO4S. The van der Waals surface area contributed by atoms with E-state index < -0.39 is 21.8 Å². The van der Waals surface area contributed by atoms with Gasteiger partial charge in [-0.2, -0.15) is 0 Å². The predicted molar refractivity (Wildman–Crippen MR) is 44.8 cm³/mol. The van der Waals surface area contributed by atoms with Gasteiger partial charge in [-0.3, -0.25) is 4.79 Å². The first-order valence-corrected chi connectivity index (χ1v) is 5.56. The third-order valence-corrected chi connectivity index (χ3v) is 2.16. The Morgan fingerprint density at radius 2 is 2.08 bits per heavy atom. The highest BCUT2D eigenvalue weighted by Gasteiger charge is 2.20. The van der Waals surface area contributed by atoms with Crippen LogP contribution in [-0.2, 0) is 14.6 Å². The number of hydrogen-bond acceptors (Lipinski definition) is 4. The van der Waals surface area contributed by atoms with E-state index >= 15 is 0 Å². The minimum absolute atomic E-state index is 0.365. The number of carbonyl (C=O) groups is 1. The molecule has 0 aliphatic rings. The van der Waals surface area contributed by atoms with Crippen LogP contribution in [0.3, 0.4) is 0 Å². The number of hydrogen-bond donors (Lipinski definition) is 2. The van der Waals surface area contributed by atoms with Gasteiger partial charge in [-0.1, -0.05) is 6.92 Å². The van der Waals surface area contributed by atoms with Crippen molar-refractivity contribution >= 4 is 15.8 Å². The fourth-order valence-electron chi connectivity index (χ4n) is 0.767. The standard InChI is InChI=1S/C6H13NO4S/c1-3-7-5(6(8)9)4-12(2,10)11/h5,7H,3-4H2,1-2H3,(H,8,9). The van der Waals surface area contributed by atoms with Gasteiger partial charge in [0, 0.05) is 6.26 Å². The molecule has 0 fully saturated rings. The van der Waals surface area contributed by atoms with Gasteiger partial charge < -0.3 is 10.4 Å². The number of carboxylic acid groups (broad SMARTS) is 1. The van der Waals surface area contributed by atoms with Gasteiger partial charge in [0.05, 0.1) is 5.75 Å². The van der Waals surface area contributed by atoms with Crippen LogP contribution < -0.4 is 5.32 Å². The van der Waals surface area contributed by atoms with Crippen LogP contribution in [0.2, 0.25) is 0 Å². The molecule has 0 saturated heterocycles. The van der Waals surface area contributed by atoms with E-state index in [4.69, 9.17) is 5.11 Å². The SMILES string of the molecule is CCNC(CS(C)(=O)=O)C(=O)O. The van der Waals surface area contributed by atoms with Crippen LogP contribution >= 0.6 is 0 Å². The first-order chi connectivity index (χ1) is 5.37. The normalized spacial score (nSPS) is 14.2. The largest absolute Gasteiger partial charge is 0.480 e. The lowest BCUT2D eigenvalue weighted by molar-refractivity contribution is -0.138. The zero-order valence-electron chi connectivity index (χ0n) is 7.07. The highest BCUT2D eigenvalue weighted by Crippen LogP contribution is 1.91. The second kappa shape index (κ2) is 4.42. The summed E-state index contributed by atoms with van der Waals surface area (Å²) in [6.07, 6.45) is 1.01. The maximum absolute atomic E-state index is 10.7. The maximum atomic E-state index is 10.7. The monoisotopic (exact) mass is 195 g/mol. The topological polar surface area (TPSA) is 83.5 Å². The average molecular weight is 195 g/mol. The summed E-state index contributed by atoms with van der Waals surface area (Å²) in [7, 11) is -3.23. The quantitative estimate of drug-likeness (QED) is 0.593. The van der Waals surface area contributed by atoms with Crippen LogP contribution in [0.4, 0.5) is 0 Å². The first kappa shape index (κ1) is 11.4. The Morgan fingerprint density at radius 3 is 2.33 bits per heavy atom. The average Bonchev–Trinajstić information content (AvgIpc) is 1.83. The third-order valence-electron chi connectivity index (χ3n) is 1.22. The second-order valence-electron chi connectivity index (χ2n) is 2.54. The van der Waals surface area contributed by atoms with Crippen molar-refractivity contribution in [2.75, 3.05) is 18.6 Å². The molecule has 0 saturated carbocycles. The van der Waals surface area contributed by atoms with E-state index in [2.05, 4.69) is 5.32 Å². The zero-order chi connectivity index (χ0) is 9.78. The van der Waals surface area contributed by atoms with Crippen LogP contribution in [0, 0.1) is 0 Å². The molecule has 0 amide bonds. The van der Waals surface area contributed by atoms with Gasteiger partial charge in [-0.15, -0.1) is 0 Å². The van der Waals surface area contributed by atoms with Crippen molar-refractivity contribution in [1.29, 1.82) is 0 Å². The van der Waals surface area contributed by atoms with E-state index in [1.807, 2.05) is 0 Å². The molecule has 0 aliphatic heterocycles. The fourth-order valence-corrected chi connectivity index (χ4v) is 1.63. The van der Waals surface area contributed by atoms with E-state index in [9.17, 15) is 13.2 Å². The van der Waals surface area contributed by atoms with Crippen molar-refractivity contribution in [3.8, 4) is 0 Å². The minimum Gasteiger partial charge on any atom is -0.480 e. The van der Waals surface area contributed by atoms with Crippen molar-refractivity contribution in [2.45, 2.75) is 13.0 Å². The highest BCUT2D eigenvalue weighted by atomic mass is 32.2. The molecule has 72 valence electrons. The molecule has 0 aromatic heterocycles. The van der Waals surface area contributed by atoms with Gasteiger partial charge in [0.1, 0.15) is 15.9 Å². The lowest BCUT2D eigenvalue weighted by Crippen LogP contribution is -2.41. The molecule has 0 aliphatic carbocycles. The van der Waals surface area contributed by atoms with E-state index in [0.29, 0.717) is 6.54 Å². The number of sulfone groups is 1. The van der Waals surface area contributed by atoms with Gasteiger partial charge in [0.2, 0.25) is 0 Å². The Labute approximate surface area is 71.7 Å². The number of rotatable bonds is 5. The molecule has 0 radical (unpaired) electrons. The van der Waals surface area contributed by atoms with Crippen molar-refractivity contribution in [3.05, 3.63) is 0 Å². The predicted octanol–water partition coefficient (Wildman–Crippen LogP) is -0.906. The molecular weight excluding hydrogens is 182 g/mol. The van der Waals surface area contributed by atoms with Crippen LogP contribution in [0.25, 0.3) is 0 Å². The molecule has 0 aromatic carbocycles. The molecule has 6 heteroatoms. The summed E-state index contributed by atoms with van der Waals surface area (Å²) in [5, 5.41) is 11.1. The van der Waals surface area contributed by atoms with Gasteiger partial charge in [-0.25, -0.2) is 8.42 Å².